The van der Waals surface area contributed by atoms with E-state index in [4.69, 9.17) is 11.1 Å². The van der Waals surface area contributed by atoms with Gasteiger partial charge in [-0.3, -0.25) is 0 Å². The third-order valence-corrected chi connectivity index (χ3v) is 10.8. The van der Waals surface area contributed by atoms with Crippen LogP contribution in [0.4, 0.5) is 0 Å². The molecule has 1 fully saturated rings. The first-order valence-corrected chi connectivity index (χ1v) is 8.89. The summed E-state index contributed by atoms with van der Waals surface area (Å²) in [5.74, 6) is 0. The molecule has 0 atom stereocenters. The molecule has 1 aliphatic rings. The van der Waals surface area contributed by atoms with Gasteiger partial charge in [-0.25, -0.2) is 0 Å². The van der Waals surface area contributed by atoms with Crippen molar-refractivity contribution in [2.75, 3.05) is 0 Å². The van der Waals surface area contributed by atoms with E-state index < -0.39 is 7.38 Å². The Morgan fingerprint density at radius 1 is 1.14 bits per heavy atom. The van der Waals surface area contributed by atoms with Gasteiger partial charge >= 0.3 is 0 Å². The van der Waals surface area contributed by atoms with Crippen molar-refractivity contribution in [1.82, 2.24) is 0 Å². The second kappa shape index (κ2) is 5.97. The lowest BCUT2D eigenvalue weighted by Gasteiger charge is -2.40. The molecule has 0 saturated carbocycles. The Hall–Kier alpha value is 0.247. The second-order valence-electron chi connectivity index (χ2n) is 5.06. The average Bonchev–Trinajstić information content (AvgIpc) is 2.05. The summed E-state index contributed by atoms with van der Waals surface area (Å²) in [4.78, 5) is 0. The molecule has 1 aliphatic heterocycles. The van der Waals surface area contributed by atoms with Crippen LogP contribution in [0.15, 0.2) is 12.7 Å². The second-order valence-corrected chi connectivity index (χ2v) is 11.7. The minimum absolute atomic E-state index is 0.412. The van der Waals surface area contributed by atoms with Crippen molar-refractivity contribution < 1.29 is 0 Å². The van der Waals surface area contributed by atoms with Gasteiger partial charge in [-0.2, -0.15) is 11.1 Å². The topological polar surface area (TPSA) is 0 Å². The first-order valence-electron chi connectivity index (χ1n) is 5.46. The number of allylic oxidation sites excluding steroid dienone is 1. The van der Waals surface area contributed by atoms with Gasteiger partial charge in [-0.05, 0) is 24.1 Å². The van der Waals surface area contributed by atoms with E-state index in [1.54, 1.807) is 0 Å². The van der Waals surface area contributed by atoms with Crippen molar-refractivity contribution >= 4 is 18.5 Å². The third kappa shape index (κ3) is 4.18. The van der Waals surface area contributed by atoms with Gasteiger partial charge < -0.3 is 0 Å². The van der Waals surface area contributed by atoms with Crippen molar-refractivity contribution in [2.45, 2.75) is 57.2 Å². The van der Waals surface area contributed by atoms with Crippen molar-refractivity contribution in [3.05, 3.63) is 19.6 Å². The van der Waals surface area contributed by atoms with E-state index in [0.29, 0.717) is 5.04 Å². The van der Waals surface area contributed by atoms with Crippen LogP contribution in [-0.2, 0) is 0 Å². The predicted molar refractivity (Wildman–Crippen MR) is 70.3 cm³/mol. The van der Waals surface area contributed by atoms with Crippen LogP contribution in [0.2, 0.25) is 17.1 Å². The molecule has 0 unspecified atom stereocenters. The summed E-state index contributed by atoms with van der Waals surface area (Å²) in [5.41, 5.74) is 0. The molecule has 1 heterocycles. The Bertz CT molecular complexity index is 164. The van der Waals surface area contributed by atoms with Crippen LogP contribution in [0.5, 0.6) is 0 Å². The molecule has 0 amide bonds. The summed E-state index contributed by atoms with van der Waals surface area (Å²) in [5, 5.41) is 0.412. The first-order chi connectivity index (χ1) is 6.37. The van der Waals surface area contributed by atoms with Crippen LogP contribution in [0.1, 0.15) is 40.0 Å². The number of halogens is 1. The molecule has 1 radical (unpaired) electrons. The van der Waals surface area contributed by atoms with Gasteiger partial charge in [0.25, 0.3) is 0 Å². The van der Waals surface area contributed by atoms with Crippen molar-refractivity contribution in [1.29, 1.82) is 0 Å². The lowest BCUT2D eigenvalue weighted by atomic mass is 10.2. The zero-order valence-corrected chi connectivity index (χ0v) is 11.7. The smallest absolute Gasteiger partial charge is 0.161 e. The molecule has 0 aromatic rings. The summed E-state index contributed by atoms with van der Waals surface area (Å²) in [6.07, 6.45) is 5.68. The highest BCUT2D eigenvalue weighted by atomic mass is 35.6. The zero-order chi connectivity index (χ0) is 11.2. The van der Waals surface area contributed by atoms with E-state index in [0.717, 1.165) is 0 Å². The van der Waals surface area contributed by atoms with Crippen molar-refractivity contribution in [3.63, 3.8) is 0 Å². The summed E-state index contributed by atoms with van der Waals surface area (Å²) in [7, 11) is -1.37. The van der Waals surface area contributed by atoms with Gasteiger partial charge in [0.1, 0.15) is 0 Å². The fourth-order valence-electron chi connectivity index (χ4n) is 1.86. The van der Waals surface area contributed by atoms with Crippen molar-refractivity contribution in [2.24, 2.45) is 0 Å². The Kier molecular flexibility index (Phi) is 6.07. The van der Waals surface area contributed by atoms with Gasteiger partial charge in [0.2, 0.25) is 0 Å². The fraction of sp³-hybridized carbons (Fsp3) is 0.750. The molecule has 83 valence electrons. The molecule has 0 N–H and O–H groups in total. The minimum Gasteiger partial charge on any atom is -0.166 e. The molecule has 0 spiro atoms. The van der Waals surface area contributed by atoms with Crippen LogP contribution in [0.25, 0.3) is 0 Å². The number of hydrogen-bond acceptors (Lipinski definition) is 0. The van der Waals surface area contributed by atoms with Crippen LogP contribution in [-0.4, -0.2) is 7.38 Å². The molecular weight excluding hydrogens is 208 g/mol. The summed E-state index contributed by atoms with van der Waals surface area (Å²) in [6, 6.07) is 2.69. The fourth-order valence-corrected chi connectivity index (χ4v) is 6.03. The van der Waals surface area contributed by atoms with E-state index >= 15 is 0 Å². The molecule has 2 heteroatoms. The predicted octanol–water partition coefficient (Wildman–Crippen LogP) is 5.16. The highest BCUT2D eigenvalue weighted by Crippen LogP contribution is 2.48. The van der Waals surface area contributed by atoms with Crippen LogP contribution in [0.3, 0.4) is 0 Å². The minimum atomic E-state index is -1.37. The highest BCUT2D eigenvalue weighted by Gasteiger charge is 2.43. The van der Waals surface area contributed by atoms with Crippen LogP contribution < -0.4 is 0 Å². The maximum Gasteiger partial charge on any atom is 0.161 e. The van der Waals surface area contributed by atoms with Crippen LogP contribution >= 0.6 is 11.1 Å². The maximum absolute atomic E-state index is 6.69. The average molecular weight is 232 g/mol. The van der Waals surface area contributed by atoms with E-state index in [2.05, 4.69) is 34.3 Å². The molecule has 0 aliphatic carbocycles. The summed E-state index contributed by atoms with van der Waals surface area (Å²) in [6.45, 7) is 13.5. The third-order valence-electron chi connectivity index (χ3n) is 2.99. The molecule has 1 rings (SSSR count). The molecule has 14 heavy (non-hydrogen) atoms. The standard InChI is InChI=1S/C9H19ClSi.C3H5/c1-9(2,3)11(10)7-5-4-6-8-11;1-3-2/h4-8H2,1-3H3;3H,1-2H2. The normalized spacial score (nSPS) is 20.6. The van der Waals surface area contributed by atoms with E-state index in [1.807, 2.05) is 0 Å². The highest BCUT2D eigenvalue weighted by molar-refractivity contribution is 7.21. The van der Waals surface area contributed by atoms with E-state index in [9.17, 15) is 0 Å². The first kappa shape index (κ1) is 14.2. The Labute approximate surface area is 95.5 Å². The Morgan fingerprint density at radius 2 is 1.50 bits per heavy atom. The largest absolute Gasteiger partial charge is 0.166 e. The monoisotopic (exact) mass is 231 g/mol. The number of rotatable bonds is 0. The van der Waals surface area contributed by atoms with Crippen LogP contribution in [0, 0.1) is 6.92 Å². The zero-order valence-electron chi connectivity index (χ0n) is 9.91. The lowest BCUT2D eigenvalue weighted by molar-refractivity contribution is 0.646. The summed E-state index contributed by atoms with van der Waals surface area (Å²) >= 11 is 6.69. The molecule has 1 saturated heterocycles. The Morgan fingerprint density at radius 3 is 1.71 bits per heavy atom. The van der Waals surface area contributed by atoms with E-state index in [1.165, 1.54) is 37.4 Å². The van der Waals surface area contributed by atoms with Gasteiger partial charge in [-0.15, -0.1) is 6.58 Å². The van der Waals surface area contributed by atoms with Gasteiger partial charge in [0.05, 0.1) is 0 Å². The number of hydrogen-bond donors (Lipinski definition) is 0. The van der Waals surface area contributed by atoms with Gasteiger partial charge in [0, 0.05) is 0 Å². The maximum atomic E-state index is 6.69. The lowest BCUT2D eigenvalue weighted by Crippen LogP contribution is -2.39. The van der Waals surface area contributed by atoms with E-state index in [-0.39, 0.29) is 0 Å². The summed E-state index contributed by atoms with van der Waals surface area (Å²) < 4.78 is 0. The molecular formula is C12H24ClSi. The SMILES string of the molecule is CC(C)(C)[Si]1(Cl)CCCCC1.[CH2]C=C. The molecule has 0 nitrogen and oxygen atoms in total. The molecule has 0 bridgehead atoms. The molecule has 0 aromatic carbocycles. The quantitative estimate of drug-likeness (QED) is 0.399. The van der Waals surface area contributed by atoms with Gasteiger partial charge in [0.15, 0.2) is 7.38 Å². The van der Waals surface area contributed by atoms with Gasteiger partial charge in [-0.1, -0.05) is 46.1 Å². The Balaban J connectivity index is 0.000000500. The molecule has 0 aromatic heterocycles. The van der Waals surface area contributed by atoms with Crippen molar-refractivity contribution in [3.8, 4) is 0 Å².